The molecular weight excluding hydrogens is 400 g/mol. The SMILES string of the molecule is CCN(c1cc(-c2ccc(CN3CCOCC3)cc2)cc(C(C)=O)c1C)C1CCOCC1. The summed E-state index contributed by atoms with van der Waals surface area (Å²) in [5, 5.41) is 0. The first-order valence-electron chi connectivity index (χ1n) is 12.0. The third-order valence-corrected chi connectivity index (χ3v) is 6.84. The lowest BCUT2D eigenvalue weighted by atomic mass is 9.94. The molecule has 0 saturated carbocycles. The van der Waals surface area contributed by atoms with Crippen molar-refractivity contribution in [1.29, 1.82) is 0 Å². The molecule has 2 fully saturated rings. The van der Waals surface area contributed by atoms with E-state index in [1.54, 1.807) is 6.92 Å². The van der Waals surface area contributed by atoms with E-state index in [4.69, 9.17) is 9.47 Å². The predicted molar refractivity (Wildman–Crippen MR) is 130 cm³/mol. The molecular formula is C27H36N2O3. The number of ether oxygens (including phenoxy) is 2. The zero-order valence-electron chi connectivity index (χ0n) is 19.7. The van der Waals surface area contributed by atoms with Crippen LogP contribution in [-0.2, 0) is 16.0 Å². The Hall–Kier alpha value is -2.21. The fraction of sp³-hybridized carbons (Fsp3) is 0.519. The number of anilines is 1. The molecule has 0 aromatic heterocycles. The van der Waals surface area contributed by atoms with Gasteiger partial charge in [-0.2, -0.15) is 0 Å². The van der Waals surface area contributed by atoms with Gasteiger partial charge in [0, 0.05) is 56.7 Å². The molecule has 0 amide bonds. The van der Waals surface area contributed by atoms with Gasteiger partial charge in [-0.05, 0) is 68.0 Å². The van der Waals surface area contributed by atoms with Gasteiger partial charge in [0.25, 0.3) is 0 Å². The monoisotopic (exact) mass is 436 g/mol. The molecule has 0 aliphatic carbocycles. The molecule has 32 heavy (non-hydrogen) atoms. The fourth-order valence-corrected chi connectivity index (χ4v) is 4.97. The fourth-order valence-electron chi connectivity index (χ4n) is 4.97. The molecule has 0 radical (unpaired) electrons. The highest BCUT2D eigenvalue weighted by Gasteiger charge is 2.24. The molecule has 0 N–H and O–H groups in total. The summed E-state index contributed by atoms with van der Waals surface area (Å²) in [7, 11) is 0. The molecule has 2 saturated heterocycles. The van der Waals surface area contributed by atoms with Crippen molar-refractivity contribution >= 4 is 11.5 Å². The molecule has 2 heterocycles. The molecule has 0 atom stereocenters. The molecule has 0 spiro atoms. The summed E-state index contributed by atoms with van der Waals surface area (Å²) in [6.45, 7) is 13.1. The van der Waals surface area contributed by atoms with Crippen molar-refractivity contribution < 1.29 is 14.3 Å². The van der Waals surface area contributed by atoms with Crippen LogP contribution in [0.2, 0.25) is 0 Å². The zero-order chi connectivity index (χ0) is 22.5. The number of hydrogen-bond acceptors (Lipinski definition) is 5. The lowest BCUT2D eigenvalue weighted by molar-refractivity contribution is 0.0342. The standard InChI is InChI=1S/C27H36N2O3/c1-4-29(25-9-13-31-14-10-25)27-18-24(17-26(20(27)2)21(3)30)23-7-5-22(6-8-23)19-28-11-15-32-16-12-28/h5-8,17-18,25H,4,9-16,19H2,1-3H3. The minimum absolute atomic E-state index is 0.123. The van der Waals surface area contributed by atoms with Gasteiger partial charge >= 0.3 is 0 Å². The number of carbonyl (C=O) groups is 1. The minimum Gasteiger partial charge on any atom is -0.381 e. The molecule has 2 aromatic rings. The number of benzene rings is 2. The Morgan fingerprint density at radius 2 is 1.66 bits per heavy atom. The summed E-state index contributed by atoms with van der Waals surface area (Å²) >= 11 is 0. The molecule has 5 nitrogen and oxygen atoms in total. The summed E-state index contributed by atoms with van der Waals surface area (Å²) in [6.07, 6.45) is 2.06. The first kappa shape index (κ1) is 23.0. The Balaban J connectivity index is 1.63. The van der Waals surface area contributed by atoms with Crippen LogP contribution in [0.25, 0.3) is 11.1 Å². The third kappa shape index (κ3) is 5.22. The van der Waals surface area contributed by atoms with Crippen LogP contribution in [0.4, 0.5) is 5.69 Å². The van der Waals surface area contributed by atoms with Gasteiger partial charge in [0.05, 0.1) is 13.2 Å². The van der Waals surface area contributed by atoms with Crippen LogP contribution in [-0.4, -0.2) is 62.8 Å². The van der Waals surface area contributed by atoms with Crippen molar-refractivity contribution in [3.05, 3.63) is 53.1 Å². The highest BCUT2D eigenvalue weighted by atomic mass is 16.5. The second-order valence-corrected chi connectivity index (χ2v) is 8.94. The normalized spacial score (nSPS) is 18.0. The molecule has 5 heteroatoms. The van der Waals surface area contributed by atoms with E-state index in [0.717, 1.165) is 87.7 Å². The molecule has 172 valence electrons. The maximum absolute atomic E-state index is 12.5. The number of morpholine rings is 1. The van der Waals surface area contributed by atoms with E-state index in [1.165, 1.54) is 11.3 Å². The second-order valence-electron chi connectivity index (χ2n) is 8.94. The summed E-state index contributed by atoms with van der Waals surface area (Å²) < 4.78 is 11.0. The summed E-state index contributed by atoms with van der Waals surface area (Å²) in [5.41, 5.74) is 6.66. The highest BCUT2D eigenvalue weighted by Crippen LogP contribution is 2.34. The van der Waals surface area contributed by atoms with Gasteiger partial charge in [-0.15, -0.1) is 0 Å². The summed E-state index contributed by atoms with van der Waals surface area (Å²) in [5.74, 6) is 0.123. The average Bonchev–Trinajstić information content (AvgIpc) is 2.82. The van der Waals surface area contributed by atoms with Crippen molar-refractivity contribution in [3.8, 4) is 11.1 Å². The van der Waals surface area contributed by atoms with E-state index < -0.39 is 0 Å². The van der Waals surface area contributed by atoms with Gasteiger partial charge in [0.1, 0.15) is 0 Å². The molecule has 4 rings (SSSR count). The third-order valence-electron chi connectivity index (χ3n) is 6.84. The molecule has 2 aliphatic rings. The summed E-state index contributed by atoms with van der Waals surface area (Å²) in [4.78, 5) is 17.4. The second kappa shape index (κ2) is 10.6. The summed E-state index contributed by atoms with van der Waals surface area (Å²) in [6, 6.07) is 13.6. The maximum Gasteiger partial charge on any atom is 0.160 e. The first-order valence-corrected chi connectivity index (χ1v) is 12.0. The topological polar surface area (TPSA) is 42.0 Å². The van der Waals surface area contributed by atoms with Gasteiger partial charge in [0.15, 0.2) is 5.78 Å². The number of carbonyl (C=O) groups excluding carboxylic acids is 1. The quantitative estimate of drug-likeness (QED) is 0.589. The lowest BCUT2D eigenvalue weighted by Crippen LogP contribution is -2.40. The van der Waals surface area contributed by atoms with Crippen LogP contribution in [0.5, 0.6) is 0 Å². The van der Waals surface area contributed by atoms with Crippen LogP contribution >= 0.6 is 0 Å². The minimum atomic E-state index is 0.123. The van der Waals surface area contributed by atoms with Crippen LogP contribution < -0.4 is 4.90 Å². The molecule has 0 unspecified atom stereocenters. The first-order chi connectivity index (χ1) is 15.6. The Kier molecular flexibility index (Phi) is 7.61. The number of rotatable bonds is 7. The van der Waals surface area contributed by atoms with E-state index in [1.807, 2.05) is 0 Å². The molecule has 2 aliphatic heterocycles. The van der Waals surface area contributed by atoms with Crippen LogP contribution in [0.3, 0.4) is 0 Å². The van der Waals surface area contributed by atoms with Gasteiger partial charge in [-0.3, -0.25) is 9.69 Å². The van der Waals surface area contributed by atoms with E-state index in [0.29, 0.717) is 6.04 Å². The van der Waals surface area contributed by atoms with Crippen LogP contribution in [0.1, 0.15) is 48.2 Å². The Morgan fingerprint density at radius 1 is 1.00 bits per heavy atom. The zero-order valence-corrected chi connectivity index (χ0v) is 19.7. The predicted octanol–water partition coefficient (Wildman–Crippen LogP) is 4.70. The van der Waals surface area contributed by atoms with E-state index >= 15 is 0 Å². The molecule has 2 aromatic carbocycles. The number of Topliss-reactive ketones (excluding diaryl/α,β-unsaturated/α-hetero) is 1. The van der Waals surface area contributed by atoms with E-state index in [9.17, 15) is 4.79 Å². The van der Waals surface area contributed by atoms with Gasteiger partial charge in [0.2, 0.25) is 0 Å². The Morgan fingerprint density at radius 3 is 2.28 bits per heavy atom. The highest BCUT2D eigenvalue weighted by molar-refractivity contribution is 5.98. The van der Waals surface area contributed by atoms with Crippen molar-refractivity contribution in [2.45, 2.75) is 46.2 Å². The Bertz CT molecular complexity index is 913. The lowest BCUT2D eigenvalue weighted by Gasteiger charge is -2.37. The Labute approximate surface area is 192 Å². The van der Waals surface area contributed by atoms with Gasteiger partial charge in [-0.25, -0.2) is 0 Å². The number of nitrogens with zero attached hydrogens (tertiary/aromatic N) is 2. The van der Waals surface area contributed by atoms with Gasteiger partial charge < -0.3 is 14.4 Å². The number of hydrogen-bond donors (Lipinski definition) is 0. The smallest absolute Gasteiger partial charge is 0.160 e. The average molecular weight is 437 g/mol. The van der Waals surface area contributed by atoms with Crippen LogP contribution in [0, 0.1) is 6.92 Å². The van der Waals surface area contributed by atoms with Crippen molar-refractivity contribution in [2.24, 2.45) is 0 Å². The molecule has 0 bridgehead atoms. The van der Waals surface area contributed by atoms with Crippen molar-refractivity contribution in [1.82, 2.24) is 4.90 Å². The van der Waals surface area contributed by atoms with E-state index in [-0.39, 0.29) is 5.78 Å². The van der Waals surface area contributed by atoms with Gasteiger partial charge in [-0.1, -0.05) is 24.3 Å². The van der Waals surface area contributed by atoms with Crippen molar-refractivity contribution in [3.63, 3.8) is 0 Å². The maximum atomic E-state index is 12.5. The largest absolute Gasteiger partial charge is 0.381 e. The van der Waals surface area contributed by atoms with Crippen LogP contribution in [0.15, 0.2) is 36.4 Å². The van der Waals surface area contributed by atoms with Crippen molar-refractivity contribution in [2.75, 3.05) is 51.0 Å². The van der Waals surface area contributed by atoms with E-state index in [2.05, 4.69) is 60.0 Å². The number of ketones is 1.